The molecule has 2 aromatic carbocycles. The summed E-state index contributed by atoms with van der Waals surface area (Å²) >= 11 is 12.5. The minimum Gasteiger partial charge on any atom is -0.474 e. The second kappa shape index (κ2) is 10.4. The van der Waals surface area contributed by atoms with Crippen LogP contribution in [0.25, 0.3) is 0 Å². The third-order valence-electron chi connectivity index (χ3n) is 6.08. The van der Waals surface area contributed by atoms with Gasteiger partial charge in [0, 0.05) is 43.7 Å². The van der Waals surface area contributed by atoms with Crippen LogP contribution in [0.5, 0.6) is 5.88 Å². The van der Waals surface area contributed by atoms with E-state index < -0.39 is 0 Å². The van der Waals surface area contributed by atoms with Crippen LogP contribution >= 0.6 is 23.2 Å². The fourth-order valence-corrected chi connectivity index (χ4v) is 4.81. The molecule has 0 spiro atoms. The fourth-order valence-electron chi connectivity index (χ4n) is 4.50. The largest absolute Gasteiger partial charge is 0.474 e. The average Bonchev–Trinajstić information content (AvgIpc) is 3.23. The molecule has 3 atom stereocenters. The normalized spacial score (nSPS) is 19.4. The van der Waals surface area contributed by atoms with Gasteiger partial charge in [0.05, 0.1) is 15.6 Å². The van der Waals surface area contributed by atoms with Crippen molar-refractivity contribution in [3.63, 3.8) is 0 Å². The average molecular weight is 466 g/mol. The molecule has 0 radical (unpaired) electrons. The van der Waals surface area contributed by atoms with Crippen molar-refractivity contribution >= 4 is 23.2 Å². The first kappa shape index (κ1) is 22.6. The fraction of sp³-hybridized carbons (Fsp3) is 0.308. The molecule has 1 aromatic heterocycles. The molecule has 1 fully saturated rings. The van der Waals surface area contributed by atoms with Crippen molar-refractivity contribution < 1.29 is 4.74 Å². The second-order valence-corrected chi connectivity index (χ2v) is 9.00. The molecule has 0 aliphatic carbocycles. The summed E-state index contributed by atoms with van der Waals surface area (Å²) in [6.07, 6.45) is 2.38. The molecule has 0 N–H and O–H groups in total. The summed E-state index contributed by atoms with van der Waals surface area (Å²) in [6.45, 7) is 4.85. The number of ether oxygens (including phenoxy) is 1. The Morgan fingerprint density at radius 2 is 1.91 bits per heavy atom. The number of pyridine rings is 1. The third kappa shape index (κ3) is 5.24. The van der Waals surface area contributed by atoms with Gasteiger partial charge in [-0.15, -0.1) is 0 Å². The molecule has 0 bridgehead atoms. The Bertz CT molecular complexity index is 1080. The number of nitriles is 1. The summed E-state index contributed by atoms with van der Waals surface area (Å²) < 4.78 is 6.35. The topological polar surface area (TPSA) is 49.1 Å². The molecule has 4 nitrogen and oxygen atoms in total. The Kier molecular flexibility index (Phi) is 7.32. The maximum Gasteiger partial charge on any atom is 0.213 e. The van der Waals surface area contributed by atoms with Crippen molar-refractivity contribution in [3.05, 3.63) is 93.6 Å². The van der Waals surface area contributed by atoms with E-state index in [-0.39, 0.29) is 17.9 Å². The van der Waals surface area contributed by atoms with Crippen LogP contribution < -0.4 is 4.74 Å². The second-order valence-electron chi connectivity index (χ2n) is 8.19. The highest BCUT2D eigenvalue weighted by Crippen LogP contribution is 2.39. The van der Waals surface area contributed by atoms with Crippen LogP contribution in [-0.2, 0) is 6.54 Å². The zero-order valence-corrected chi connectivity index (χ0v) is 19.4. The Labute approximate surface area is 199 Å². The zero-order valence-electron chi connectivity index (χ0n) is 17.9. The molecule has 2 heterocycles. The highest BCUT2D eigenvalue weighted by Gasteiger charge is 2.39. The lowest BCUT2D eigenvalue weighted by molar-refractivity contribution is 0.117. The number of halogens is 2. The lowest BCUT2D eigenvalue weighted by atomic mass is 9.84. The molecule has 1 aliphatic rings. The third-order valence-corrected chi connectivity index (χ3v) is 6.82. The highest BCUT2D eigenvalue weighted by atomic mass is 35.5. The first-order valence-electron chi connectivity index (χ1n) is 10.8. The van der Waals surface area contributed by atoms with Crippen LogP contribution in [-0.4, -0.2) is 29.1 Å². The minimum absolute atomic E-state index is 0.0179. The molecule has 0 amide bonds. The molecular formula is C26H25Cl2N3O. The van der Waals surface area contributed by atoms with Crippen LogP contribution in [0, 0.1) is 17.2 Å². The van der Waals surface area contributed by atoms with Gasteiger partial charge in [-0.3, -0.25) is 4.90 Å². The van der Waals surface area contributed by atoms with Gasteiger partial charge in [0.1, 0.15) is 12.2 Å². The molecule has 1 aliphatic heterocycles. The summed E-state index contributed by atoms with van der Waals surface area (Å²) in [5.74, 6) is 1.07. The summed E-state index contributed by atoms with van der Waals surface area (Å²) in [6, 6.07) is 22.1. The van der Waals surface area contributed by atoms with Crippen molar-refractivity contribution in [3.8, 4) is 11.9 Å². The number of rotatable bonds is 7. The van der Waals surface area contributed by atoms with Gasteiger partial charge in [-0.05, 0) is 35.7 Å². The minimum atomic E-state index is -0.0179. The van der Waals surface area contributed by atoms with Gasteiger partial charge in [-0.2, -0.15) is 5.26 Å². The van der Waals surface area contributed by atoms with Gasteiger partial charge in [0.2, 0.25) is 5.88 Å². The van der Waals surface area contributed by atoms with E-state index in [4.69, 9.17) is 33.2 Å². The standard InChI is InChI=1S/C26H25Cl2N3O/c1-2-25(32-26-11-8-19(13-29)14-30-26)22-17-31(15-18-6-4-3-5-7-18)16-21(22)20-9-10-23(27)24(28)12-20/h3-12,14,21-22,25H,2,15-17H2,1H3. The van der Waals surface area contributed by atoms with Gasteiger partial charge >= 0.3 is 0 Å². The molecule has 3 aromatic rings. The number of hydrogen-bond acceptors (Lipinski definition) is 4. The highest BCUT2D eigenvalue weighted by molar-refractivity contribution is 6.42. The molecule has 164 valence electrons. The van der Waals surface area contributed by atoms with Crippen LogP contribution in [0.4, 0.5) is 0 Å². The van der Waals surface area contributed by atoms with E-state index in [0.717, 1.165) is 26.1 Å². The van der Waals surface area contributed by atoms with E-state index >= 15 is 0 Å². The van der Waals surface area contributed by atoms with Crippen LogP contribution in [0.2, 0.25) is 10.0 Å². The Morgan fingerprint density at radius 3 is 2.56 bits per heavy atom. The van der Waals surface area contributed by atoms with Crippen LogP contribution in [0.15, 0.2) is 66.9 Å². The number of nitrogens with zero attached hydrogens (tertiary/aromatic N) is 3. The van der Waals surface area contributed by atoms with Gasteiger partial charge in [-0.25, -0.2) is 4.98 Å². The monoisotopic (exact) mass is 465 g/mol. The number of benzene rings is 2. The van der Waals surface area contributed by atoms with E-state index in [0.29, 0.717) is 21.5 Å². The molecule has 32 heavy (non-hydrogen) atoms. The van der Waals surface area contributed by atoms with Gasteiger partial charge in [-0.1, -0.05) is 66.5 Å². The van der Waals surface area contributed by atoms with Crippen molar-refractivity contribution in [2.24, 2.45) is 5.92 Å². The van der Waals surface area contributed by atoms with E-state index in [1.165, 1.54) is 11.1 Å². The Balaban J connectivity index is 1.59. The van der Waals surface area contributed by atoms with Gasteiger partial charge in [0.25, 0.3) is 0 Å². The number of likely N-dealkylation sites (tertiary alicyclic amines) is 1. The van der Waals surface area contributed by atoms with Gasteiger partial charge in [0.15, 0.2) is 0 Å². The predicted molar refractivity (Wildman–Crippen MR) is 128 cm³/mol. The summed E-state index contributed by atoms with van der Waals surface area (Å²) in [4.78, 5) is 6.80. The first-order chi connectivity index (χ1) is 15.6. The quantitative estimate of drug-likeness (QED) is 0.408. The van der Waals surface area contributed by atoms with Crippen molar-refractivity contribution in [1.82, 2.24) is 9.88 Å². The van der Waals surface area contributed by atoms with E-state index in [1.54, 1.807) is 18.3 Å². The SMILES string of the molecule is CCC(Oc1ccc(C#N)cn1)C1CN(Cc2ccccc2)CC1c1ccc(Cl)c(Cl)c1. The van der Waals surface area contributed by atoms with E-state index in [1.807, 2.05) is 18.2 Å². The smallest absolute Gasteiger partial charge is 0.213 e. The van der Waals surface area contributed by atoms with Crippen molar-refractivity contribution in [1.29, 1.82) is 5.26 Å². The summed E-state index contributed by atoms with van der Waals surface area (Å²) in [5, 5.41) is 10.2. The number of hydrogen-bond donors (Lipinski definition) is 0. The maximum absolute atomic E-state index is 9.03. The lowest BCUT2D eigenvalue weighted by Crippen LogP contribution is -2.32. The molecule has 0 saturated carbocycles. The predicted octanol–water partition coefficient (Wildman–Crippen LogP) is 6.33. The number of aromatic nitrogens is 1. The van der Waals surface area contributed by atoms with Crippen LogP contribution in [0.3, 0.4) is 0 Å². The first-order valence-corrected chi connectivity index (χ1v) is 11.6. The Hall–Kier alpha value is -2.58. The molecular weight excluding hydrogens is 441 g/mol. The lowest BCUT2D eigenvalue weighted by Gasteiger charge is -2.28. The zero-order chi connectivity index (χ0) is 22.5. The van der Waals surface area contributed by atoms with Crippen LogP contribution in [0.1, 0.15) is 36.0 Å². The summed E-state index contributed by atoms with van der Waals surface area (Å²) in [7, 11) is 0. The summed E-state index contributed by atoms with van der Waals surface area (Å²) in [5.41, 5.74) is 2.99. The van der Waals surface area contributed by atoms with Crippen molar-refractivity contribution in [2.45, 2.75) is 31.9 Å². The Morgan fingerprint density at radius 1 is 1.09 bits per heavy atom. The van der Waals surface area contributed by atoms with Gasteiger partial charge < -0.3 is 4.74 Å². The molecule has 6 heteroatoms. The van der Waals surface area contributed by atoms with Crippen molar-refractivity contribution in [2.75, 3.05) is 13.1 Å². The molecule has 3 unspecified atom stereocenters. The maximum atomic E-state index is 9.03. The van der Waals surface area contributed by atoms with E-state index in [9.17, 15) is 0 Å². The molecule has 1 saturated heterocycles. The molecule has 4 rings (SSSR count). The van der Waals surface area contributed by atoms with E-state index in [2.05, 4.69) is 53.2 Å².